The SMILES string of the molecule is O=C(/C=C/c1cc2c(cn1)[nH]c1ccccc12)Nc1cccc(F)c1. The van der Waals surface area contributed by atoms with Gasteiger partial charge in [-0.15, -0.1) is 0 Å². The zero-order valence-electron chi connectivity index (χ0n) is 13.2. The molecule has 0 bridgehead atoms. The lowest BCUT2D eigenvalue weighted by atomic mass is 10.1. The number of aromatic nitrogens is 2. The topological polar surface area (TPSA) is 57.8 Å². The number of fused-ring (bicyclic) bond motifs is 3. The van der Waals surface area contributed by atoms with Crippen molar-refractivity contribution >= 4 is 39.5 Å². The minimum absolute atomic E-state index is 0.341. The maximum atomic E-state index is 13.1. The molecule has 0 fully saturated rings. The van der Waals surface area contributed by atoms with Crippen molar-refractivity contribution in [2.45, 2.75) is 0 Å². The van der Waals surface area contributed by atoms with Crippen LogP contribution in [0, 0.1) is 5.82 Å². The van der Waals surface area contributed by atoms with Crippen molar-refractivity contribution in [3.8, 4) is 0 Å². The molecule has 0 saturated carbocycles. The number of amides is 1. The Bertz CT molecular complexity index is 1110. The molecule has 2 aromatic heterocycles. The molecule has 0 radical (unpaired) electrons. The second kappa shape index (κ2) is 6.20. The van der Waals surface area contributed by atoms with Gasteiger partial charge in [-0.05, 0) is 36.4 Å². The first-order valence-electron chi connectivity index (χ1n) is 7.80. The summed E-state index contributed by atoms with van der Waals surface area (Å²) in [5, 5.41) is 4.78. The summed E-state index contributed by atoms with van der Waals surface area (Å²) in [7, 11) is 0. The molecule has 122 valence electrons. The Morgan fingerprint density at radius 3 is 2.80 bits per heavy atom. The predicted molar refractivity (Wildman–Crippen MR) is 97.7 cm³/mol. The number of aromatic amines is 1. The van der Waals surface area contributed by atoms with Gasteiger partial charge in [-0.25, -0.2) is 4.39 Å². The largest absolute Gasteiger partial charge is 0.353 e. The van der Waals surface area contributed by atoms with Crippen LogP contribution in [0.2, 0.25) is 0 Å². The minimum atomic E-state index is -0.395. The van der Waals surface area contributed by atoms with Crippen molar-refractivity contribution in [3.63, 3.8) is 0 Å². The molecule has 0 aliphatic heterocycles. The third kappa shape index (κ3) is 3.12. The van der Waals surface area contributed by atoms with E-state index in [1.165, 1.54) is 18.2 Å². The molecule has 25 heavy (non-hydrogen) atoms. The molecule has 2 aromatic carbocycles. The van der Waals surface area contributed by atoms with Crippen LogP contribution in [-0.2, 0) is 4.79 Å². The monoisotopic (exact) mass is 331 g/mol. The summed E-state index contributed by atoms with van der Waals surface area (Å²) in [5.74, 6) is -0.736. The van der Waals surface area contributed by atoms with Gasteiger partial charge in [-0.1, -0.05) is 24.3 Å². The summed E-state index contributed by atoms with van der Waals surface area (Å²) < 4.78 is 13.1. The molecule has 0 aliphatic carbocycles. The van der Waals surface area contributed by atoms with Crippen molar-refractivity contribution in [3.05, 3.63) is 78.4 Å². The van der Waals surface area contributed by atoms with E-state index in [1.807, 2.05) is 30.3 Å². The van der Waals surface area contributed by atoms with Crippen LogP contribution < -0.4 is 5.32 Å². The lowest BCUT2D eigenvalue weighted by Gasteiger charge is -2.01. The van der Waals surface area contributed by atoms with E-state index in [2.05, 4.69) is 15.3 Å². The van der Waals surface area contributed by atoms with Crippen LogP contribution in [0.3, 0.4) is 0 Å². The van der Waals surface area contributed by atoms with E-state index in [1.54, 1.807) is 24.4 Å². The van der Waals surface area contributed by atoms with Crippen molar-refractivity contribution in [1.82, 2.24) is 9.97 Å². The van der Waals surface area contributed by atoms with Crippen LogP contribution in [0.1, 0.15) is 5.69 Å². The third-order valence-corrected chi connectivity index (χ3v) is 3.91. The van der Waals surface area contributed by atoms with Crippen LogP contribution in [0.5, 0.6) is 0 Å². The van der Waals surface area contributed by atoms with Gasteiger partial charge >= 0.3 is 0 Å². The Balaban J connectivity index is 1.58. The van der Waals surface area contributed by atoms with E-state index in [4.69, 9.17) is 0 Å². The molecular weight excluding hydrogens is 317 g/mol. The fourth-order valence-corrected chi connectivity index (χ4v) is 2.77. The number of carbonyl (C=O) groups excluding carboxylic acids is 1. The fraction of sp³-hybridized carbons (Fsp3) is 0. The van der Waals surface area contributed by atoms with Gasteiger partial charge in [-0.3, -0.25) is 9.78 Å². The van der Waals surface area contributed by atoms with Gasteiger partial charge in [0.25, 0.3) is 0 Å². The molecule has 1 amide bonds. The van der Waals surface area contributed by atoms with Crippen molar-refractivity contribution < 1.29 is 9.18 Å². The van der Waals surface area contributed by atoms with E-state index in [9.17, 15) is 9.18 Å². The van der Waals surface area contributed by atoms with Crippen molar-refractivity contribution in [2.75, 3.05) is 5.32 Å². The van der Waals surface area contributed by atoms with E-state index < -0.39 is 5.82 Å². The first-order valence-corrected chi connectivity index (χ1v) is 7.80. The fourth-order valence-electron chi connectivity index (χ4n) is 2.77. The van der Waals surface area contributed by atoms with E-state index >= 15 is 0 Å². The van der Waals surface area contributed by atoms with Crippen LogP contribution >= 0.6 is 0 Å². The Kier molecular flexibility index (Phi) is 3.74. The predicted octanol–water partition coefficient (Wildman–Crippen LogP) is 4.51. The summed E-state index contributed by atoms with van der Waals surface area (Å²) in [6, 6.07) is 15.7. The number of hydrogen-bond donors (Lipinski definition) is 2. The molecule has 0 spiro atoms. The summed E-state index contributed by atoms with van der Waals surface area (Å²) in [4.78, 5) is 19.6. The number of rotatable bonds is 3. The normalized spacial score (nSPS) is 11.4. The summed E-state index contributed by atoms with van der Waals surface area (Å²) >= 11 is 0. The zero-order chi connectivity index (χ0) is 17.2. The number of hydrogen-bond acceptors (Lipinski definition) is 2. The molecule has 2 heterocycles. The number of carbonyl (C=O) groups is 1. The highest BCUT2D eigenvalue weighted by atomic mass is 19.1. The first kappa shape index (κ1) is 15.1. The Labute approximate surface area is 143 Å². The number of nitrogens with one attached hydrogen (secondary N) is 2. The Hall–Kier alpha value is -3.47. The highest BCUT2D eigenvalue weighted by Crippen LogP contribution is 2.25. The summed E-state index contributed by atoms with van der Waals surface area (Å²) in [6.07, 6.45) is 4.77. The Morgan fingerprint density at radius 1 is 1.04 bits per heavy atom. The van der Waals surface area contributed by atoms with Crippen molar-refractivity contribution in [2.24, 2.45) is 0 Å². The molecule has 0 aliphatic rings. The molecule has 0 atom stereocenters. The van der Waals surface area contributed by atoms with Crippen LogP contribution in [0.4, 0.5) is 10.1 Å². The smallest absolute Gasteiger partial charge is 0.248 e. The number of halogens is 1. The van der Waals surface area contributed by atoms with E-state index in [0.29, 0.717) is 11.4 Å². The lowest BCUT2D eigenvalue weighted by molar-refractivity contribution is -0.111. The minimum Gasteiger partial charge on any atom is -0.353 e. The number of benzene rings is 2. The highest BCUT2D eigenvalue weighted by Gasteiger charge is 2.05. The maximum Gasteiger partial charge on any atom is 0.248 e. The molecule has 4 rings (SSSR count). The lowest BCUT2D eigenvalue weighted by Crippen LogP contribution is -2.07. The number of para-hydroxylation sites is 1. The van der Waals surface area contributed by atoms with Crippen LogP contribution in [0.25, 0.3) is 27.9 Å². The third-order valence-electron chi connectivity index (χ3n) is 3.91. The number of H-pyrrole nitrogens is 1. The molecule has 5 heteroatoms. The number of pyridine rings is 1. The average Bonchev–Trinajstić information content (AvgIpc) is 2.98. The van der Waals surface area contributed by atoms with Crippen molar-refractivity contribution in [1.29, 1.82) is 0 Å². The average molecular weight is 331 g/mol. The first-order chi connectivity index (χ1) is 12.2. The highest BCUT2D eigenvalue weighted by molar-refractivity contribution is 6.07. The quantitative estimate of drug-likeness (QED) is 0.543. The van der Waals surface area contributed by atoms with Gasteiger partial charge in [0.05, 0.1) is 17.4 Å². The second-order valence-corrected chi connectivity index (χ2v) is 5.66. The molecule has 0 unspecified atom stereocenters. The van der Waals surface area contributed by atoms with E-state index in [-0.39, 0.29) is 5.91 Å². The van der Waals surface area contributed by atoms with Gasteiger partial charge in [0.2, 0.25) is 5.91 Å². The second-order valence-electron chi connectivity index (χ2n) is 5.66. The molecule has 0 saturated heterocycles. The summed E-state index contributed by atoms with van der Waals surface area (Å²) in [5.41, 5.74) is 3.08. The van der Waals surface area contributed by atoms with Crippen LogP contribution in [0.15, 0.2) is 66.9 Å². The standard InChI is InChI=1S/C20H14FN3O/c21-13-4-3-5-15(10-13)23-20(25)9-8-14-11-17-16-6-1-2-7-18(16)24-19(17)12-22-14/h1-12,24H,(H,23,25)/b9-8+. The molecule has 4 nitrogen and oxygen atoms in total. The van der Waals surface area contributed by atoms with Crippen LogP contribution in [-0.4, -0.2) is 15.9 Å². The van der Waals surface area contributed by atoms with Gasteiger partial charge in [0, 0.05) is 28.1 Å². The maximum absolute atomic E-state index is 13.1. The number of nitrogens with zero attached hydrogens (tertiary/aromatic N) is 1. The molecule has 4 aromatic rings. The van der Waals surface area contributed by atoms with Gasteiger partial charge in [0.1, 0.15) is 5.82 Å². The zero-order valence-corrected chi connectivity index (χ0v) is 13.2. The van der Waals surface area contributed by atoms with E-state index in [0.717, 1.165) is 21.8 Å². The molecule has 2 N–H and O–H groups in total. The number of anilines is 1. The van der Waals surface area contributed by atoms with Gasteiger partial charge < -0.3 is 10.3 Å². The van der Waals surface area contributed by atoms with Gasteiger partial charge in [0.15, 0.2) is 0 Å². The molecular formula is C20H14FN3O. The Morgan fingerprint density at radius 2 is 1.92 bits per heavy atom. The van der Waals surface area contributed by atoms with Gasteiger partial charge in [-0.2, -0.15) is 0 Å². The summed E-state index contributed by atoms with van der Waals surface area (Å²) in [6.45, 7) is 0.